The van der Waals surface area contributed by atoms with Gasteiger partial charge in [-0.15, -0.1) is 11.3 Å². The molecule has 0 fully saturated rings. The molecule has 130 valence electrons. The number of rotatable bonds is 3. The van der Waals surface area contributed by atoms with Gasteiger partial charge in [0.25, 0.3) is 0 Å². The highest BCUT2D eigenvalue weighted by molar-refractivity contribution is 7.13. The maximum atomic E-state index is 8.34. The topological polar surface area (TPSA) is 46.1 Å². The Morgan fingerprint density at radius 2 is 1.85 bits per heavy atom. The number of hydrogen-bond donors (Lipinski definition) is 1. The van der Waals surface area contributed by atoms with Crippen molar-refractivity contribution in [2.45, 2.75) is 13.5 Å². The molecular formula is C21H20N4S. The summed E-state index contributed by atoms with van der Waals surface area (Å²) in [4.78, 5) is 5.53. The number of thiophene rings is 1. The molecule has 0 amide bonds. The summed E-state index contributed by atoms with van der Waals surface area (Å²) < 4.78 is 4.24. The van der Waals surface area contributed by atoms with Crippen molar-refractivity contribution in [2.75, 3.05) is 7.05 Å². The van der Waals surface area contributed by atoms with Gasteiger partial charge in [0.2, 0.25) is 0 Å². The van der Waals surface area contributed by atoms with E-state index in [2.05, 4.69) is 57.4 Å². The lowest BCUT2D eigenvalue weighted by Crippen LogP contribution is -2.24. The van der Waals surface area contributed by atoms with Crippen LogP contribution in [0.1, 0.15) is 12.5 Å². The van der Waals surface area contributed by atoms with E-state index >= 15 is 0 Å². The standard InChI is InChI=1S/C21H20N4S/c1-15(23-2)25-18-13-19(20-9-6-12-26-20)24(17(18)10-11-21(25)22)14-16-7-4-3-5-8-16/h3-13,22H,14H2,1-2H3. The van der Waals surface area contributed by atoms with Crippen LogP contribution in [0, 0.1) is 5.41 Å². The van der Waals surface area contributed by atoms with Crippen LogP contribution >= 0.6 is 11.3 Å². The molecule has 4 nitrogen and oxygen atoms in total. The van der Waals surface area contributed by atoms with Gasteiger partial charge in [0.15, 0.2) is 0 Å². The molecule has 3 aromatic heterocycles. The van der Waals surface area contributed by atoms with Crippen LogP contribution in [0.4, 0.5) is 0 Å². The minimum Gasteiger partial charge on any atom is -0.334 e. The lowest BCUT2D eigenvalue weighted by atomic mass is 10.2. The summed E-state index contributed by atoms with van der Waals surface area (Å²) in [5.74, 6) is 0.815. The number of nitrogens with one attached hydrogen (secondary N) is 1. The van der Waals surface area contributed by atoms with Crippen molar-refractivity contribution in [3.63, 3.8) is 0 Å². The predicted molar refractivity (Wildman–Crippen MR) is 109 cm³/mol. The summed E-state index contributed by atoms with van der Waals surface area (Å²) in [7, 11) is 1.77. The van der Waals surface area contributed by atoms with Crippen molar-refractivity contribution in [3.05, 3.63) is 77.1 Å². The molecule has 0 atom stereocenters. The number of pyridine rings is 1. The highest BCUT2D eigenvalue weighted by Gasteiger charge is 2.15. The molecule has 5 heteroatoms. The number of nitrogens with zero attached hydrogens (tertiary/aromatic N) is 3. The van der Waals surface area contributed by atoms with Crippen molar-refractivity contribution >= 4 is 28.2 Å². The zero-order chi connectivity index (χ0) is 18.1. The van der Waals surface area contributed by atoms with Gasteiger partial charge in [0.1, 0.15) is 11.3 Å². The fourth-order valence-corrected chi connectivity index (χ4v) is 4.03. The monoisotopic (exact) mass is 360 g/mol. The first-order valence-corrected chi connectivity index (χ1v) is 9.38. The van der Waals surface area contributed by atoms with E-state index in [4.69, 9.17) is 5.41 Å². The first kappa shape index (κ1) is 16.5. The van der Waals surface area contributed by atoms with E-state index in [0.717, 1.165) is 23.4 Å². The lowest BCUT2D eigenvalue weighted by molar-refractivity contribution is 0.844. The van der Waals surface area contributed by atoms with Crippen LogP contribution in [0.3, 0.4) is 0 Å². The molecule has 0 unspecified atom stereocenters. The largest absolute Gasteiger partial charge is 0.334 e. The smallest absolute Gasteiger partial charge is 0.130 e. The third kappa shape index (κ3) is 2.80. The van der Waals surface area contributed by atoms with Crippen LogP contribution in [0.2, 0.25) is 0 Å². The summed E-state index contributed by atoms with van der Waals surface area (Å²) in [6.07, 6.45) is 0. The molecule has 4 aromatic rings. The maximum Gasteiger partial charge on any atom is 0.130 e. The first-order valence-electron chi connectivity index (χ1n) is 8.50. The average molecular weight is 360 g/mol. The fourth-order valence-electron chi connectivity index (χ4n) is 3.28. The molecule has 1 aromatic carbocycles. The summed E-state index contributed by atoms with van der Waals surface area (Å²) in [5, 5.41) is 10.4. The van der Waals surface area contributed by atoms with Crippen LogP contribution in [0.25, 0.3) is 21.6 Å². The van der Waals surface area contributed by atoms with E-state index in [0.29, 0.717) is 5.49 Å². The minimum atomic E-state index is 0.440. The van der Waals surface area contributed by atoms with E-state index in [1.165, 1.54) is 16.1 Å². The Hall–Kier alpha value is -2.92. The SMILES string of the molecule is CN=C(C)n1c(=N)ccc2c1cc(-c1cccs1)n2Cc1ccccc1. The van der Waals surface area contributed by atoms with Gasteiger partial charge in [-0.3, -0.25) is 15.0 Å². The van der Waals surface area contributed by atoms with Gasteiger partial charge in [0.05, 0.1) is 21.6 Å². The van der Waals surface area contributed by atoms with Gasteiger partial charge in [-0.2, -0.15) is 0 Å². The van der Waals surface area contributed by atoms with Gasteiger partial charge in [0, 0.05) is 13.6 Å². The van der Waals surface area contributed by atoms with Gasteiger partial charge >= 0.3 is 0 Å². The van der Waals surface area contributed by atoms with E-state index in [9.17, 15) is 0 Å². The Bertz CT molecular complexity index is 1130. The molecule has 0 aliphatic carbocycles. The van der Waals surface area contributed by atoms with Crippen LogP contribution in [-0.2, 0) is 6.54 Å². The second kappa shape index (κ2) is 6.77. The minimum absolute atomic E-state index is 0.440. The molecule has 0 radical (unpaired) electrons. The molecule has 1 N–H and O–H groups in total. The maximum absolute atomic E-state index is 8.34. The molecule has 4 rings (SSSR count). The Labute approximate surface area is 156 Å². The summed E-state index contributed by atoms with van der Waals surface area (Å²) in [6, 6.07) is 20.8. The molecule has 3 heterocycles. The summed E-state index contributed by atoms with van der Waals surface area (Å²) in [5.41, 5.74) is 4.98. The van der Waals surface area contributed by atoms with E-state index in [1.807, 2.05) is 29.7 Å². The van der Waals surface area contributed by atoms with E-state index < -0.39 is 0 Å². The predicted octanol–water partition coefficient (Wildman–Crippen LogP) is 4.60. The number of aromatic nitrogens is 2. The molecule has 26 heavy (non-hydrogen) atoms. The number of fused-ring (bicyclic) bond motifs is 1. The van der Waals surface area contributed by atoms with E-state index in [-0.39, 0.29) is 0 Å². The summed E-state index contributed by atoms with van der Waals surface area (Å²) >= 11 is 1.73. The fraction of sp³-hybridized carbons (Fsp3) is 0.143. The molecule has 0 saturated carbocycles. The Morgan fingerprint density at radius 1 is 1.04 bits per heavy atom. The highest BCUT2D eigenvalue weighted by atomic mass is 32.1. The van der Waals surface area contributed by atoms with E-state index in [1.54, 1.807) is 18.4 Å². The second-order valence-corrected chi connectivity index (χ2v) is 7.12. The summed E-state index contributed by atoms with van der Waals surface area (Å²) in [6.45, 7) is 2.73. The van der Waals surface area contributed by atoms with Gasteiger partial charge < -0.3 is 4.57 Å². The molecule has 0 bridgehead atoms. The molecule has 0 aliphatic heterocycles. The third-order valence-corrected chi connectivity index (χ3v) is 5.50. The first-order chi connectivity index (χ1) is 12.7. The Kier molecular flexibility index (Phi) is 4.31. The van der Waals surface area contributed by atoms with Crippen LogP contribution in [0.5, 0.6) is 0 Å². The van der Waals surface area contributed by atoms with Gasteiger partial charge in [-0.1, -0.05) is 36.4 Å². The Morgan fingerprint density at radius 3 is 2.54 bits per heavy atom. The number of hydrogen-bond acceptors (Lipinski definition) is 3. The Balaban J connectivity index is 2.02. The molecule has 0 spiro atoms. The third-order valence-electron chi connectivity index (χ3n) is 4.60. The van der Waals surface area contributed by atoms with Crippen molar-refractivity contribution in [1.29, 1.82) is 5.41 Å². The lowest BCUT2D eigenvalue weighted by Gasteiger charge is -2.11. The zero-order valence-electron chi connectivity index (χ0n) is 14.8. The average Bonchev–Trinajstić information content (AvgIpc) is 3.30. The molecule has 0 saturated heterocycles. The van der Waals surface area contributed by atoms with Crippen molar-refractivity contribution in [2.24, 2.45) is 4.99 Å². The normalized spacial score (nSPS) is 12.0. The number of benzene rings is 1. The van der Waals surface area contributed by atoms with Crippen LogP contribution < -0.4 is 5.49 Å². The quantitative estimate of drug-likeness (QED) is 0.410. The molecular weight excluding hydrogens is 340 g/mol. The van der Waals surface area contributed by atoms with Crippen molar-refractivity contribution in [1.82, 2.24) is 9.13 Å². The zero-order valence-corrected chi connectivity index (χ0v) is 15.6. The highest BCUT2D eigenvalue weighted by Crippen LogP contribution is 2.31. The molecule has 0 aliphatic rings. The second-order valence-electron chi connectivity index (χ2n) is 6.17. The van der Waals surface area contributed by atoms with Gasteiger partial charge in [-0.05, 0) is 42.1 Å². The van der Waals surface area contributed by atoms with Gasteiger partial charge in [-0.25, -0.2) is 0 Å². The van der Waals surface area contributed by atoms with Crippen LogP contribution in [0.15, 0.2) is 71.0 Å². The van der Waals surface area contributed by atoms with Crippen LogP contribution in [-0.4, -0.2) is 22.0 Å². The number of aliphatic imine (C=N–C) groups is 1. The van der Waals surface area contributed by atoms with Crippen molar-refractivity contribution < 1.29 is 0 Å². The van der Waals surface area contributed by atoms with Crippen molar-refractivity contribution in [3.8, 4) is 10.6 Å².